The lowest BCUT2D eigenvalue weighted by molar-refractivity contribution is 0.0136. The minimum absolute atomic E-state index is 0.00384. The number of hydrogen-bond acceptors (Lipinski definition) is 7. The summed E-state index contributed by atoms with van der Waals surface area (Å²) in [5.41, 5.74) is 6.25. The van der Waals surface area contributed by atoms with Crippen LogP contribution >= 0.6 is 11.6 Å². The molecule has 1 atom stereocenters. The summed E-state index contributed by atoms with van der Waals surface area (Å²) in [6.45, 7) is 4.96. The fourth-order valence-corrected chi connectivity index (χ4v) is 3.98. The second kappa shape index (κ2) is 8.72. The van der Waals surface area contributed by atoms with Crippen molar-refractivity contribution in [2.45, 2.75) is 39.0 Å². The number of hydrogen-bond donors (Lipinski definition) is 1. The van der Waals surface area contributed by atoms with E-state index in [1.54, 1.807) is 45.0 Å². The minimum Gasteiger partial charge on any atom is -0.444 e. The van der Waals surface area contributed by atoms with Crippen LogP contribution in [0.5, 0.6) is 0 Å². The molecule has 0 saturated carbocycles. The number of fused-ring (bicyclic) bond motifs is 1. The van der Waals surface area contributed by atoms with Crippen molar-refractivity contribution in [1.82, 2.24) is 14.7 Å². The highest BCUT2D eigenvalue weighted by Crippen LogP contribution is 2.33. The lowest BCUT2D eigenvalue weighted by Crippen LogP contribution is -2.45. The first-order valence-corrected chi connectivity index (χ1v) is 11.9. The van der Waals surface area contributed by atoms with Gasteiger partial charge in [0.05, 0.1) is 36.7 Å². The quantitative estimate of drug-likeness (QED) is 0.644. The summed E-state index contributed by atoms with van der Waals surface area (Å²) < 4.78 is 35.1. The SMILES string of the molecule is CC(C)(C)OC(=O)N1Cc2c(C(N)=O)c(-c3cccc(Cl)c3)nn2C(COS(C)(=O)=O)C1. The summed E-state index contributed by atoms with van der Waals surface area (Å²) in [6, 6.07) is 6.04. The third-order valence-electron chi connectivity index (χ3n) is 4.60. The van der Waals surface area contributed by atoms with Gasteiger partial charge in [0, 0.05) is 17.1 Å². The third kappa shape index (κ3) is 5.59. The van der Waals surface area contributed by atoms with Crippen molar-refractivity contribution in [3.63, 3.8) is 0 Å². The summed E-state index contributed by atoms with van der Waals surface area (Å²) in [4.78, 5) is 26.5. The minimum atomic E-state index is -3.75. The van der Waals surface area contributed by atoms with Gasteiger partial charge < -0.3 is 15.4 Å². The molecule has 1 aliphatic heterocycles. The Balaban J connectivity index is 2.10. The molecule has 0 radical (unpaired) electrons. The van der Waals surface area contributed by atoms with E-state index in [1.165, 1.54) is 9.58 Å². The monoisotopic (exact) mass is 484 g/mol. The standard InChI is InChI=1S/C20H25ClN4O6S/c1-20(2,3)31-19(27)24-9-14(11-30-32(4,28)29)25-15(10-24)16(18(22)26)17(23-25)12-6-5-7-13(21)8-12/h5-8,14H,9-11H2,1-4H3,(H2,22,26). The molecule has 3 rings (SSSR count). The van der Waals surface area contributed by atoms with Gasteiger partial charge >= 0.3 is 6.09 Å². The van der Waals surface area contributed by atoms with Gasteiger partial charge in [-0.2, -0.15) is 13.5 Å². The van der Waals surface area contributed by atoms with Crippen molar-refractivity contribution in [1.29, 1.82) is 0 Å². The average molecular weight is 485 g/mol. The van der Waals surface area contributed by atoms with Crippen molar-refractivity contribution in [3.05, 3.63) is 40.5 Å². The van der Waals surface area contributed by atoms with Crippen LogP contribution in [0.3, 0.4) is 0 Å². The number of rotatable bonds is 5. The maximum absolute atomic E-state index is 12.8. The number of benzene rings is 1. The molecule has 2 heterocycles. The van der Waals surface area contributed by atoms with Gasteiger partial charge in [-0.05, 0) is 32.9 Å². The Labute approximate surface area is 191 Å². The molecule has 0 bridgehead atoms. The van der Waals surface area contributed by atoms with Crippen molar-refractivity contribution >= 4 is 33.7 Å². The highest BCUT2D eigenvalue weighted by molar-refractivity contribution is 7.85. The Morgan fingerprint density at radius 2 is 2.00 bits per heavy atom. The summed E-state index contributed by atoms with van der Waals surface area (Å²) in [5, 5.41) is 4.98. The van der Waals surface area contributed by atoms with E-state index in [-0.39, 0.29) is 31.0 Å². The van der Waals surface area contributed by atoms with E-state index in [2.05, 4.69) is 5.10 Å². The fourth-order valence-electron chi connectivity index (χ4n) is 3.39. The average Bonchev–Trinajstić information content (AvgIpc) is 3.04. The highest BCUT2D eigenvalue weighted by Gasteiger charge is 2.36. The summed E-state index contributed by atoms with van der Waals surface area (Å²) in [5.74, 6) is -0.741. The first-order valence-electron chi connectivity index (χ1n) is 9.74. The maximum atomic E-state index is 12.8. The molecule has 1 aromatic heterocycles. The molecule has 0 fully saturated rings. The van der Waals surface area contributed by atoms with Gasteiger partial charge in [0.1, 0.15) is 11.3 Å². The van der Waals surface area contributed by atoms with E-state index >= 15 is 0 Å². The fraction of sp³-hybridized carbons (Fsp3) is 0.450. The molecular weight excluding hydrogens is 460 g/mol. The Morgan fingerprint density at radius 1 is 1.31 bits per heavy atom. The van der Waals surface area contributed by atoms with Crippen molar-refractivity contribution in [3.8, 4) is 11.3 Å². The molecule has 2 amide bonds. The predicted molar refractivity (Wildman–Crippen MR) is 118 cm³/mol. The van der Waals surface area contributed by atoms with Crippen LogP contribution in [-0.2, 0) is 25.6 Å². The molecule has 2 aromatic rings. The second-order valence-corrected chi connectivity index (χ2v) is 10.6. The van der Waals surface area contributed by atoms with Crippen LogP contribution in [0.25, 0.3) is 11.3 Å². The van der Waals surface area contributed by atoms with Gasteiger partial charge in [-0.1, -0.05) is 23.7 Å². The predicted octanol–water partition coefficient (Wildman–Crippen LogP) is 2.57. The van der Waals surface area contributed by atoms with Gasteiger partial charge in [-0.3, -0.25) is 13.7 Å². The Morgan fingerprint density at radius 3 is 2.56 bits per heavy atom. The number of nitrogens with zero attached hydrogens (tertiary/aromatic N) is 3. The van der Waals surface area contributed by atoms with E-state index in [4.69, 9.17) is 26.3 Å². The lowest BCUT2D eigenvalue weighted by Gasteiger charge is -2.34. The van der Waals surface area contributed by atoms with Gasteiger partial charge in [0.2, 0.25) is 0 Å². The smallest absolute Gasteiger partial charge is 0.410 e. The molecule has 32 heavy (non-hydrogen) atoms. The van der Waals surface area contributed by atoms with E-state index < -0.39 is 33.8 Å². The lowest BCUT2D eigenvalue weighted by atomic mass is 10.0. The van der Waals surface area contributed by atoms with Crippen LogP contribution in [0.15, 0.2) is 24.3 Å². The molecule has 0 saturated heterocycles. The molecule has 2 N–H and O–H groups in total. The summed E-state index contributed by atoms with van der Waals surface area (Å²) in [6.07, 6.45) is 0.312. The second-order valence-electron chi connectivity index (χ2n) is 8.49. The van der Waals surface area contributed by atoms with Crippen LogP contribution in [0.1, 0.15) is 42.9 Å². The zero-order valence-corrected chi connectivity index (χ0v) is 19.7. The van der Waals surface area contributed by atoms with E-state index in [0.29, 0.717) is 16.3 Å². The molecule has 174 valence electrons. The van der Waals surface area contributed by atoms with Gasteiger partial charge in [0.15, 0.2) is 0 Å². The Kier molecular flexibility index (Phi) is 6.55. The summed E-state index contributed by atoms with van der Waals surface area (Å²) >= 11 is 6.10. The number of aromatic nitrogens is 2. The van der Waals surface area contributed by atoms with Crippen molar-refractivity contribution < 1.29 is 26.9 Å². The molecular formula is C20H25ClN4O6S. The molecule has 12 heteroatoms. The highest BCUT2D eigenvalue weighted by atomic mass is 35.5. The summed E-state index contributed by atoms with van der Waals surface area (Å²) in [7, 11) is -3.75. The number of carbonyl (C=O) groups is 2. The molecule has 1 unspecified atom stereocenters. The normalized spacial score (nSPS) is 16.5. The molecule has 0 spiro atoms. The van der Waals surface area contributed by atoms with Crippen molar-refractivity contribution in [2.75, 3.05) is 19.4 Å². The zero-order valence-electron chi connectivity index (χ0n) is 18.2. The third-order valence-corrected chi connectivity index (χ3v) is 5.40. The van der Waals surface area contributed by atoms with Crippen LogP contribution in [0.2, 0.25) is 5.02 Å². The van der Waals surface area contributed by atoms with Gasteiger partial charge in [-0.15, -0.1) is 0 Å². The zero-order chi connectivity index (χ0) is 23.8. The van der Waals surface area contributed by atoms with Gasteiger partial charge in [-0.25, -0.2) is 4.79 Å². The van der Waals surface area contributed by atoms with E-state index in [0.717, 1.165) is 6.26 Å². The molecule has 10 nitrogen and oxygen atoms in total. The van der Waals surface area contributed by atoms with Crippen molar-refractivity contribution in [2.24, 2.45) is 5.73 Å². The van der Waals surface area contributed by atoms with Crippen LogP contribution in [0, 0.1) is 0 Å². The maximum Gasteiger partial charge on any atom is 0.410 e. The number of carbonyl (C=O) groups excluding carboxylic acids is 2. The first kappa shape index (κ1) is 24.0. The van der Waals surface area contributed by atoms with E-state index in [9.17, 15) is 18.0 Å². The number of ether oxygens (including phenoxy) is 1. The number of amides is 2. The van der Waals surface area contributed by atoms with Crippen LogP contribution in [0.4, 0.5) is 4.79 Å². The van der Waals surface area contributed by atoms with Gasteiger partial charge in [0.25, 0.3) is 16.0 Å². The Bertz CT molecular complexity index is 1160. The topological polar surface area (TPSA) is 134 Å². The molecule has 0 aliphatic carbocycles. The number of primary amides is 1. The Hall–Kier alpha value is -2.63. The molecule has 1 aromatic carbocycles. The first-order chi connectivity index (χ1) is 14.7. The number of halogens is 1. The number of nitrogens with two attached hydrogens (primary N) is 1. The van der Waals surface area contributed by atoms with Crippen LogP contribution < -0.4 is 5.73 Å². The van der Waals surface area contributed by atoms with Crippen LogP contribution in [-0.4, -0.2) is 60.1 Å². The molecule has 1 aliphatic rings. The largest absolute Gasteiger partial charge is 0.444 e. The van der Waals surface area contributed by atoms with E-state index in [1.807, 2.05) is 0 Å².